The first kappa shape index (κ1) is 22.8. The number of thiocarbonyl (C=S) groups is 1. The van der Waals surface area contributed by atoms with Crippen LogP contribution in [0.4, 0.5) is 14.6 Å². The Morgan fingerprint density at radius 3 is 2.55 bits per heavy atom. The van der Waals surface area contributed by atoms with Gasteiger partial charge in [0, 0.05) is 24.7 Å². The van der Waals surface area contributed by atoms with Crippen molar-refractivity contribution in [2.24, 2.45) is 0 Å². The fourth-order valence-corrected chi connectivity index (χ4v) is 4.39. The zero-order chi connectivity index (χ0) is 23.9. The lowest BCUT2D eigenvalue weighted by molar-refractivity contribution is -0.119. The number of fused-ring (bicyclic) bond motifs is 1. The number of carbonyl (C=O) groups is 1. The number of alkyl halides is 2. The van der Waals surface area contributed by atoms with Crippen LogP contribution < -0.4 is 10.2 Å². The van der Waals surface area contributed by atoms with Gasteiger partial charge >= 0.3 is 0 Å². The van der Waals surface area contributed by atoms with Gasteiger partial charge in [-0.15, -0.1) is 0 Å². The number of hydrogen-bond acceptors (Lipinski definition) is 4. The molecule has 0 bridgehead atoms. The minimum absolute atomic E-state index is 0.127. The van der Waals surface area contributed by atoms with Crippen LogP contribution in [0.5, 0.6) is 0 Å². The molecule has 1 aromatic heterocycles. The van der Waals surface area contributed by atoms with E-state index in [-0.39, 0.29) is 11.5 Å². The van der Waals surface area contributed by atoms with Crippen LogP contribution in [0.1, 0.15) is 36.2 Å². The Bertz CT molecular complexity index is 1250. The van der Waals surface area contributed by atoms with E-state index in [1.165, 1.54) is 12.1 Å². The SMILES string of the molecule is C=C(N[C@@H]1C(=O)N(CC)c2c(c(C)nn2-c2ccccc2)C1=S)c1cccc(C(C)(F)F)c1. The molecule has 0 saturated carbocycles. The number of nitrogens with one attached hydrogen (secondary N) is 1. The van der Waals surface area contributed by atoms with Crippen molar-refractivity contribution in [2.75, 3.05) is 11.4 Å². The summed E-state index contributed by atoms with van der Waals surface area (Å²) >= 11 is 5.74. The molecule has 0 unspecified atom stereocenters. The molecule has 1 amide bonds. The molecule has 8 heteroatoms. The Morgan fingerprint density at radius 2 is 1.91 bits per heavy atom. The molecule has 33 heavy (non-hydrogen) atoms. The molecule has 1 atom stereocenters. The van der Waals surface area contributed by atoms with E-state index in [2.05, 4.69) is 17.0 Å². The zero-order valence-electron chi connectivity index (χ0n) is 18.6. The summed E-state index contributed by atoms with van der Waals surface area (Å²) < 4.78 is 29.3. The Kier molecular flexibility index (Phi) is 5.88. The molecular weight excluding hydrogens is 442 g/mol. The van der Waals surface area contributed by atoms with Gasteiger partial charge in [-0.3, -0.25) is 9.69 Å². The van der Waals surface area contributed by atoms with Gasteiger partial charge in [0.25, 0.3) is 11.8 Å². The maximum Gasteiger partial charge on any atom is 0.270 e. The first-order valence-corrected chi connectivity index (χ1v) is 11.0. The molecule has 170 valence electrons. The van der Waals surface area contributed by atoms with E-state index in [4.69, 9.17) is 12.2 Å². The summed E-state index contributed by atoms with van der Waals surface area (Å²) in [5.41, 5.74) is 2.93. The van der Waals surface area contributed by atoms with Gasteiger partial charge in [-0.25, -0.2) is 13.5 Å². The first-order valence-electron chi connectivity index (χ1n) is 10.6. The summed E-state index contributed by atoms with van der Waals surface area (Å²) in [7, 11) is 0. The van der Waals surface area contributed by atoms with Crippen molar-refractivity contribution in [1.82, 2.24) is 15.1 Å². The van der Waals surface area contributed by atoms with Gasteiger partial charge in [-0.1, -0.05) is 55.2 Å². The molecular formula is C25H24F2N4OS. The molecule has 3 aromatic rings. The maximum absolute atomic E-state index is 13.8. The Labute approximate surface area is 196 Å². The van der Waals surface area contributed by atoms with Crippen LogP contribution in [-0.4, -0.2) is 33.1 Å². The van der Waals surface area contributed by atoms with Gasteiger partial charge in [-0.05, 0) is 37.6 Å². The summed E-state index contributed by atoms with van der Waals surface area (Å²) in [6.07, 6.45) is 0. The van der Waals surface area contributed by atoms with E-state index in [1.54, 1.807) is 21.7 Å². The Hall–Kier alpha value is -3.39. The molecule has 5 nitrogen and oxygen atoms in total. The number of hydrogen-bond donors (Lipinski definition) is 1. The number of carbonyl (C=O) groups excluding carboxylic acids is 1. The lowest BCUT2D eigenvalue weighted by Gasteiger charge is -2.34. The molecule has 1 aliphatic heterocycles. The molecule has 1 aliphatic rings. The fraction of sp³-hybridized carbons (Fsp3) is 0.240. The average Bonchev–Trinajstić information content (AvgIpc) is 3.14. The van der Waals surface area contributed by atoms with Gasteiger partial charge in [0.2, 0.25) is 0 Å². The quantitative estimate of drug-likeness (QED) is 0.519. The Balaban J connectivity index is 1.71. The number of nitrogens with zero attached hydrogens (tertiary/aromatic N) is 3. The predicted octanol–water partition coefficient (Wildman–Crippen LogP) is 5.01. The van der Waals surface area contributed by atoms with E-state index in [1.807, 2.05) is 44.2 Å². The molecule has 0 spiro atoms. The van der Waals surface area contributed by atoms with Crippen molar-refractivity contribution in [3.63, 3.8) is 0 Å². The lowest BCUT2D eigenvalue weighted by Crippen LogP contribution is -2.54. The Morgan fingerprint density at radius 1 is 1.21 bits per heavy atom. The second kappa shape index (κ2) is 8.51. The standard InChI is InChI=1S/C25H24F2N4OS/c1-5-30-23-20(16(3)29-31(23)19-12-7-6-8-13-19)22(33)21(24(30)32)28-15(2)17-10-9-11-18(14-17)25(4,26)27/h6-14,21,28H,2,5H2,1,3-4H3/t21-/m0/s1. The maximum atomic E-state index is 13.8. The van der Waals surface area contributed by atoms with E-state index in [0.717, 1.165) is 18.2 Å². The summed E-state index contributed by atoms with van der Waals surface area (Å²) in [4.78, 5) is 15.5. The van der Waals surface area contributed by atoms with Crippen LogP contribution in [-0.2, 0) is 10.7 Å². The topological polar surface area (TPSA) is 50.2 Å². The van der Waals surface area contributed by atoms with Crippen LogP contribution in [0.3, 0.4) is 0 Å². The normalized spacial score (nSPS) is 16.0. The number of halogens is 2. The third kappa shape index (κ3) is 4.06. The second-order valence-electron chi connectivity index (χ2n) is 8.00. The van der Waals surface area contributed by atoms with Crippen molar-refractivity contribution in [2.45, 2.75) is 32.7 Å². The van der Waals surface area contributed by atoms with Gasteiger partial charge in [0.15, 0.2) is 0 Å². The number of aryl methyl sites for hydroxylation is 1. The van der Waals surface area contributed by atoms with Crippen molar-refractivity contribution in [3.8, 4) is 5.69 Å². The number of likely N-dealkylation sites (N-methyl/N-ethyl adjacent to an activating group) is 1. The van der Waals surface area contributed by atoms with Gasteiger partial charge in [0.05, 0.1) is 21.8 Å². The van der Waals surface area contributed by atoms with Crippen molar-refractivity contribution in [1.29, 1.82) is 0 Å². The summed E-state index contributed by atoms with van der Waals surface area (Å²) in [5, 5.41) is 7.74. The molecule has 0 radical (unpaired) electrons. The number of amides is 1. The number of benzene rings is 2. The minimum Gasteiger partial charge on any atom is -0.369 e. The largest absolute Gasteiger partial charge is 0.369 e. The van der Waals surface area contributed by atoms with Crippen LogP contribution in [0.2, 0.25) is 0 Å². The number of anilines is 1. The molecule has 1 N–H and O–H groups in total. The third-order valence-electron chi connectivity index (χ3n) is 5.67. The number of para-hydroxylation sites is 1. The summed E-state index contributed by atoms with van der Waals surface area (Å²) in [5.74, 6) is -2.60. The summed E-state index contributed by atoms with van der Waals surface area (Å²) in [6.45, 7) is 8.98. The van der Waals surface area contributed by atoms with Gasteiger partial charge in [-0.2, -0.15) is 5.10 Å². The molecule has 4 rings (SSSR count). The van der Waals surface area contributed by atoms with Crippen LogP contribution in [0.15, 0.2) is 61.2 Å². The molecule has 2 heterocycles. The van der Waals surface area contributed by atoms with E-state index < -0.39 is 12.0 Å². The average molecular weight is 467 g/mol. The molecule has 0 fully saturated rings. The lowest BCUT2D eigenvalue weighted by atomic mass is 9.98. The molecule has 2 aromatic carbocycles. The van der Waals surface area contributed by atoms with Crippen molar-refractivity contribution >= 4 is 34.5 Å². The molecule has 0 aliphatic carbocycles. The minimum atomic E-state index is -2.98. The number of aromatic nitrogens is 2. The monoisotopic (exact) mass is 466 g/mol. The zero-order valence-corrected chi connectivity index (χ0v) is 19.4. The van der Waals surface area contributed by atoms with E-state index in [0.29, 0.717) is 34.2 Å². The van der Waals surface area contributed by atoms with Gasteiger partial charge in [0.1, 0.15) is 11.9 Å². The van der Waals surface area contributed by atoms with Crippen LogP contribution in [0.25, 0.3) is 11.4 Å². The predicted molar refractivity (Wildman–Crippen MR) is 130 cm³/mol. The highest BCUT2D eigenvalue weighted by Crippen LogP contribution is 2.34. The van der Waals surface area contributed by atoms with Crippen LogP contribution >= 0.6 is 12.2 Å². The highest BCUT2D eigenvalue weighted by Gasteiger charge is 2.41. The highest BCUT2D eigenvalue weighted by molar-refractivity contribution is 7.81. The van der Waals surface area contributed by atoms with Crippen molar-refractivity contribution < 1.29 is 13.6 Å². The third-order valence-corrected chi connectivity index (χ3v) is 6.11. The molecule has 0 saturated heterocycles. The van der Waals surface area contributed by atoms with Crippen molar-refractivity contribution in [3.05, 3.63) is 83.6 Å². The first-order chi connectivity index (χ1) is 15.6. The second-order valence-corrected chi connectivity index (χ2v) is 8.44. The van der Waals surface area contributed by atoms with Crippen LogP contribution in [0, 0.1) is 6.92 Å². The highest BCUT2D eigenvalue weighted by atomic mass is 32.1. The van der Waals surface area contributed by atoms with Gasteiger partial charge < -0.3 is 5.32 Å². The van der Waals surface area contributed by atoms with E-state index in [9.17, 15) is 13.6 Å². The number of rotatable bonds is 6. The smallest absolute Gasteiger partial charge is 0.270 e. The fourth-order valence-electron chi connectivity index (χ4n) is 3.99. The summed E-state index contributed by atoms with van der Waals surface area (Å²) in [6, 6.07) is 14.6. The van der Waals surface area contributed by atoms with E-state index >= 15 is 0 Å².